The molecule has 1 aliphatic carbocycles. The van der Waals surface area contributed by atoms with Gasteiger partial charge in [-0.3, -0.25) is 4.90 Å². The molecule has 2 aliphatic rings. The molecule has 2 fully saturated rings. The van der Waals surface area contributed by atoms with E-state index < -0.39 is 0 Å². The van der Waals surface area contributed by atoms with Crippen molar-refractivity contribution in [2.24, 2.45) is 5.92 Å². The van der Waals surface area contributed by atoms with Crippen molar-refractivity contribution in [2.75, 3.05) is 32.8 Å². The van der Waals surface area contributed by atoms with Crippen LogP contribution in [0.3, 0.4) is 0 Å². The molecular formula is C16H32N2O. The zero-order valence-corrected chi connectivity index (χ0v) is 12.9. The Kier molecular flexibility index (Phi) is 6.62. The normalized spacial score (nSPS) is 27.2. The van der Waals surface area contributed by atoms with Gasteiger partial charge in [-0.2, -0.15) is 0 Å². The van der Waals surface area contributed by atoms with Crippen molar-refractivity contribution >= 4 is 0 Å². The van der Waals surface area contributed by atoms with E-state index in [1.54, 1.807) is 0 Å². The van der Waals surface area contributed by atoms with Crippen LogP contribution in [0.15, 0.2) is 0 Å². The third-order valence-corrected chi connectivity index (χ3v) is 4.63. The van der Waals surface area contributed by atoms with Crippen LogP contribution in [0.4, 0.5) is 0 Å². The molecule has 19 heavy (non-hydrogen) atoms. The summed E-state index contributed by atoms with van der Waals surface area (Å²) < 4.78 is 6.08. The van der Waals surface area contributed by atoms with E-state index >= 15 is 0 Å². The van der Waals surface area contributed by atoms with Crippen LogP contribution in [0.2, 0.25) is 0 Å². The first-order chi connectivity index (χ1) is 9.33. The topological polar surface area (TPSA) is 24.5 Å². The molecule has 0 spiro atoms. The summed E-state index contributed by atoms with van der Waals surface area (Å²) >= 11 is 0. The summed E-state index contributed by atoms with van der Waals surface area (Å²) in [5.41, 5.74) is 0. The van der Waals surface area contributed by atoms with Crippen molar-refractivity contribution in [2.45, 2.75) is 64.5 Å². The Bertz CT molecular complexity index is 241. The molecule has 0 amide bonds. The lowest BCUT2D eigenvalue weighted by Gasteiger charge is -2.39. The second-order valence-corrected chi connectivity index (χ2v) is 6.30. The van der Waals surface area contributed by atoms with E-state index in [2.05, 4.69) is 24.1 Å². The molecule has 3 nitrogen and oxygen atoms in total. The number of ether oxygens (including phenoxy) is 1. The Morgan fingerprint density at radius 1 is 1.26 bits per heavy atom. The predicted molar refractivity (Wildman–Crippen MR) is 80.5 cm³/mol. The summed E-state index contributed by atoms with van der Waals surface area (Å²) in [4.78, 5) is 2.58. The average molecular weight is 268 g/mol. The van der Waals surface area contributed by atoms with Crippen molar-refractivity contribution in [3.63, 3.8) is 0 Å². The van der Waals surface area contributed by atoms with Gasteiger partial charge in [0.1, 0.15) is 0 Å². The number of hydrogen-bond acceptors (Lipinski definition) is 3. The second kappa shape index (κ2) is 8.23. The zero-order chi connectivity index (χ0) is 13.5. The number of hydrogen-bond donors (Lipinski definition) is 1. The van der Waals surface area contributed by atoms with Gasteiger partial charge in [0.15, 0.2) is 0 Å². The van der Waals surface area contributed by atoms with Gasteiger partial charge in [-0.25, -0.2) is 0 Å². The van der Waals surface area contributed by atoms with Crippen molar-refractivity contribution in [1.82, 2.24) is 10.2 Å². The van der Waals surface area contributed by atoms with E-state index in [0.717, 1.165) is 32.2 Å². The van der Waals surface area contributed by atoms with Gasteiger partial charge in [-0.15, -0.1) is 0 Å². The quantitative estimate of drug-likeness (QED) is 0.732. The first kappa shape index (κ1) is 15.3. The van der Waals surface area contributed by atoms with Crippen molar-refractivity contribution < 1.29 is 4.74 Å². The van der Waals surface area contributed by atoms with Crippen LogP contribution in [0.5, 0.6) is 0 Å². The molecule has 0 radical (unpaired) electrons. The first-order valence-electron chi connectivity index (χ1n) is 8.40. The number of nitrogens with zero attached hydrogens (tertiary/aromatic N) is 1. The largest absolute Gasteiger partial charge is 0.374 e. The molecular weight excluding hydrogens is 236 g/mol. The summed E-state index contributed by atoms with van der Waals surface area (Å²) in [6.45, 7) is 10.0. The molecule has 112 valence electrons. The van der Waals surface area contributed by atoms with E-state index in [1.165, 1.54) is 45.1 Å². The molecule has 2 atom stereocenters. The molecule has 3 heteroatoms. The zero-order valence-electron chi connectivity index (χ0n) is 12.9. The van der Waals surface area contributed by atoms with Crippen LogP contribution in [0, 0.1) is 5.92 Å². The highest BCUT2D eigenvalue weighted by molar-refractivity contribution is 4.86. The fourth-order valence-corrected chi connectivity index (χ4v) is 3.28. The van der Waals surface area contributed by atoms with Gasteiger partial charge in [0.2, 0.25) is 0 Å². The lowest BCUT2D eigenvalue weighted by atomic mass is 9.79. The maximum atomic E-state index is 6.08. The summed E-state index contributed by atoms with van der Waals surface area (Å²) in [7, 11) is 0. The van der Waals surface area contributed by atoms with Crippen LogP contribution >= 0.6 is 0 Å². The lowest BCUT2D eigenvalue weighted by molar-refractivity contribution is -0.0516. The molecule has 1 N–H and O–H groups in total. The molecule has 0 aromatic rings. The second-order valence-electron chi connectivity index (χ2n) is 6.30. The molecule has 1 saturated carbocycles. The first-order valence-corrected chi connectivity index (χ1v) is 8.40. The van der Waals surface area contributed by atoms with E-state index in [1.807, 2.05) is 0 Å². The molecule has 1 aliphatic heterocycles. The minimum Gasteiger partial charge on any atom is -0.374 e. The third kappa shape index (κ3) is 4.73. The molecule has 1 heterocycles. The van der Waals surface area contributed by atoms with Gasteiger partial charge in [0.25, 0.3) is 0 Å². The minimum atomic E-state index is 0.410. The fraction of sp³-hybridized carbons (Fsp3) is 1.00. The third-order valence-electron chi connectivity index (χ3n) is 4.63. The van der Waals surface area contributed by atoms with Gasteiger partial charge in [-0.05, 0) is 38.3 Å². The van der Waals surface area contributed by atoms with Crippen LogP contribution in [0.25, 0.3) is 0 Å². The maximum Gasteiger partial charge on any atom is 0.0855 e. The number of rotatable bonds is 8. The number of morpholine rings is 1. The van der Waals surface area contributed by atoms with E-state index in [4.69, 9.17) is 4.74 Å². The van der Waals surface area contributed by atoms with Crippen LogP contribution in [-0.2, 0) is 4.74 Å². The molecule has 0 bridgehead atoms. The van der Waals surface area contributed by atoms with Gasteiger partial charge in [0, 0.05) is 19.1 Å². The van der Waals surface area contributed by atoms with Crippen molar-refractivity contribution in [1.29, 1.82) is 0 Å². The summed E-state index contributed by atoms with van der Waals surface area (Å²) in [5, 5.41) is 3.75. The Hall–Kier alpha value is -0.120. The Balaban J connectivity index is 1.83. The highest BCUT2D eigenvalue weighted by Crippen LogP contribution is 2.31. The van der Waals surface area contributed by atoms with Crippen LogP contribution < -0.4 is 5.32 Å². The standard InChI is InChI=1S/C16H32N2O/c1-3-8-17-15(12-14-6-5-7-14)16-13-18(9-4-2)10-11-19-16/h14-17H,3-13H2,1-2H3. The fourth-order valence-electron chi connectivity index (χ4n) is 3.28. The highest BCUT2D eigenvalue weighted by atomic mass is 16.5. The smallest absolute Gasteiger partial charge is 0.0855 e. The molecule has 2 unspecified atom stereocenters. The Labute approximate surface area is 119 Å². The van der Waals surface area contributed by atoms with Crippen molar-refractivity contribution in [3.8, 4) is 0 Å². The van der Waals surface area contributed by atoms with Gasteiger partial charge in [-0.1, -0.05) is 33.1 Å². The summed E-state index contributed by atoms with van der Waals surface area (Å²) in [6.07, 6.45) is 8.52. The van der Waals surface area contributed by atoms with Crippen LogP contribution in [-0.4, -0.2) is 49.8 Å². The van der Waals surface area contributed by atoms with Gasteiger partial charge >= 0.3 is 0 Å². The van der Waals surface area contributed by atoms with Crippen LogP contribution in [0.1, 0.15) is 52.4 Å². The van der Waals surface area contributed by atoms with Gasteiger partial charge < -0.3 is 10.1 Å². The molecule has 1 saturated heterocycles. The highest BCUT2D eigenvalue weighted by Gasteiger charge is 2.31. The monoisotopic (exact) mass is 268 g/mol. The van der Waals surface area contributed by atoms with Gasteiger partial charge in [0.05, 0.1) is 12.7 Å². The van der Waals surface area contributed by atoms with E-state index in [-0.39, 0.29) is 0 Å². The summed E-state index contributed by atoms with van der Waals surface area (Å²) in [5.74, 6) is 0.958. The van der Waals surface area contributed by atoms with E-state index in [0.29, 0.717) is 12.1 Å². The summed E-state index contributed by atoms with van der Waals surface area (Å²) in [6, 6.07) is 0.574. The lowest BCUT2D eigenvalue weighted by Crippen LogP contribution is -2.53. The molecule has 2 rings (SSSR count). The maximum absolute atomic E-state index is 6.08. The van der Waals surface area contributed by atoms with E-state index in [9.17, 15) is 0 Å². The molecule has 0 aromatic heterocycles. The molecule has 0 aromatic carbocycles. The minimum absolute atomic E-state index is 0.410. The Morgan fingerprint density at radius 3 is 2.74 bits per heavy atom. The van der Waals surface area contributed by atoms with Crippen molar-refractivity contribution in [3.05, 3.63) is 0 Å². The Morgan fingerprint density at radius 2 is 2.11 bits per heavy atom. The average Bonchev–Trinajstić information content (AvgIpc) is 2.37. The predicted octanol–water partition coefficient (Wildman–Crippen LogP) is 2.66. The SMILES string of the molecule is CCCNC(CC1CCC1)C1CN(CCC)CCO1. The number of nitrogens with one attached hydrogen (secondary N) is 1.